The molecule has 0 aromatic heterocycles. The van der Waals surface area contributed by atoms with Gasteiger partial charge in [-0.1, -0.05) is 60.7 Å². The molecule has 1 fully saturated rings. The van der Waals surface area contributed by atoms with Crippen LogP contribution in [-0.2, 0) is 10.3 Å². The molecule has 2 aliphatic heterocycles. The number of nitrogens with zero attached hydrogens (tertiary/aromatic N) is 1. The van der Waals surface area contributed by atoms with E-state index in [0.29, 0.717) is 0 Å². The number of fused-ring (bicyclic) bond motifs is 2. The van der Waals surface area contributed by atoms with E-state index in [0.717, 1.165) is 37.8 Å². The Hall–Kier alpha value is -3.08. The van der Waals surface area contributed by atoms with Gasteiger partial charge in [-0.3, -0.25) is 4.90 Å². The van der Waals surface area contributed by atoms with Gasteiger partial charge in [-0.2, -0.15) is 0 Å². The van der Waals surface area contributed by atoms with Crippen molar-refractivity contribution in [3.63, 3.8) is 0 Å². The van der Waals surface area contributed by atoms with Crippen LogP contribution in [-0.4, -0.2) is 38.0 Å². The zero-order chi connectivity index (χ0) is 20.8. The van der Waals surface area contributed by atoms with Crippen LogP contribution in [0.25, 0.3) is 11.1 Å². The summed E-state index contributed by atoms with van der Waals surface area (Å²) in [5, 5.41) is 0. The zero-order valence-corrected chi connectivity index (χ0v) is 17.6. The lowest BCUT2D eigenvalue weighted by Gasteiger charge is -2.43. The van der Waals surface area contributed by atoms with Crippen LogP contribution in [0, 0.1) is 0 Å². The Morgan fingerprint density at radius 1 is 0.774 bits per heavy atom. The van der Waals surface area contributed by atoms with E-state index in [-0.39, 0.29) is 12.3 Å². The molecule has 3 aliphatic rings. The second-order valence-corrected chi connectivity index (χ2v) is 8.40. The molecule has 4 nitrogen and oxygen atoms in total. The standard InChI is InChI=1S/C27H25NO3/c1-27(28-12-14-29-15-13-28)22-17-24-23(30-18-31-24)16-21(22)25(19-8-4-2-5-9-19)26(27)20-10-6-3-7-11-20/h2-11,16-17H,12-15,18H2,1H3. The molecule has 0 spiro atoms. The Morgan fingerprint density at radius 2 is 1.39 bits per heavy atom. The highest BCUT2D eigenvalue weighted by atomic mass is 16.7. The van der Waals surface area contributed by atoms with Gasteiger partial charge in [0, 0.05) is 13.1 Å². The van der Waals surface area contributed by atoms with E-state index in [4.69, 9.17) is 14.2 Å². The number of hydrogen-bond donors (Lipinski definition) is 0. The van der Waals surface area contributed by atoms with Crippen LogP contribution >= 0.6 is 0 Å². The molecule has 0 N–H and O–H groups in total. The van der Waals surface area contributed by atoms with Crippen LogP contribution in [0.3, 0.4) is 0 Å². The monoisotopic (exact) mass is 411 g/mol. The Morgan fingerprint density at radius 3 is 2.06 bits per heavy atom. The summed E-state index contributed by atoms with van der Waals surface area (Å²) in [6.07, 6.45) is 0. The predicted octanol–water partition coefficient (Wildman–Crippen LogP) is 4.94. The Kier molecular flexibility index (Phi) is 4.37. The smallest absolute Gasteiger partial charge is 0.231 e. The van der Waals surface area contributed by atoms with E-state index in [1.54, 1.807) is 0 Å². The van der Waals surface area contributed by atoms with Gasteiger partial charge < -0.3 is 14.2 Å². The van der Waals surface area contributed by atoms with E-state index in [2.05, 4.69) is 84.6 Å². The lowest BCUT2D eigenvalue weighted by molar-refractivity contribution is 0.00191. The van der Waals surface area contributed by atoms with Crippen molar-refractivity contribution in [1.82, 2.24) is 4.90 Å². The van der Waals surface area contributed by atoms with Crippen molar-refractivity contribution in [2.45, 2.75) is 12.5 Å². The molecular formula is C27H25NO3. The maximum Gasteiger partial charge on any atom is 0.231 e. The quantitative estimate of drug-likeness (QED) is 0.611. The summed E-state index contributed by atoms with van der Waals surface area (Å²) in [6.45, 7) is 5.92. The van der Waals surface area contributed by atoms with Crippen molar-refractivity contribution in [1.29, 1.82) is 0 Å². The van der Waals surface area contributed by atoms with Crippen molar-refractivity contribution in [3.05, 3.63) is 95.1 Å². The number of rotatable bonds is 3. The fourth-order valence-corrected chi connectivity index (χ4v) is 5.34. The van der Waals surface area contributed by atoms with Gasteiger partial charge in [-0.05, 0) is 52.5 Å². The fraction of sp³-hybridized carbons (Fsp3) is 0.259. The summed E-state index contributed by atoms with van der Waals surface area (Å²) in [7, 11) is 0. The molecule has 0 bridgehead atoms. The summed E-state index contributed by atoms with van der Waals surface area (Å²) < 4.78 is 17.3. The summed E-state index contributed by atoms with van der Waals surface area (Å²) in [6, 6.07) is 25.9. The van der Waals surface area contributed by atoms with Crippen molar-refractivity contribution >= 4 is 11.1 Å². The predicted molar refractivity (Wildman–Crippen MR) is 121 cm³/mol. The van der Waals surface area contributed by atoms with E-state index in [9.17, 15) is 0 Å². The number of benzene rings is 3. The van der Waals surface area contributed by atoms with Crippen LogP contribution < -0.4 is 9.47 Å². The third-order valence-corrected chi connectivity index (χ3v) is 6.81. The molecule has 1 atom stereocenters. The van der Waals surface area contributed by atoms with Gasteiger partial charge in [0.25, 0.3) is 0 Å². The first-order valence-electron chi connectivity index (χ1n) is 10.9. The second-order valence-electron chi connectivity index (χ2n) is 8.40. The molecule has 4 heteroatoms. The maximum atomic E-state index is 5.80. The maximum absolute atomic E-state index is 5.80. The highest BCUT2D eigenvalue weighted by Crippen LogP contribution is 2.57. The van der Waals surface area contributed by atoms with Gasteiger partial charge in [0.2, 0.25) is 6.79 Å². The Labute approximate surface area is 182 Å². The van der Waals surface area contributed by atoms with E-state index in [1.807, 2.05) is 0 Å². The Balaban J connectivity index is 1.69. The first-order chi connectivity index (χ1) is 15.3. The molecule has 1 aliphatic carbocycles. The lowest BCUT2D eigenvalue weighted by atomic mass is 9.82. The summed E-state index contributed by atoms with van der Waals surface area (Å²) in [4.78, 5) is 2.57. The molecule has 31 heavy (non-hydrogen) atoms. The van der Waals surface area contributed by atoms with E-state index < -0.39 is 0 Å². The largest absolute Gasteiger partial charge is 0.454 e. The third kappa shape index (κ3) is 2.83. The minimum absolute atomic E-state index is 0.280. The third-order valence-electron chi connectivity index (χ3n) is 6.81. The highest BCUT2D eigenvalue weighted by Gasteiger charge is 2.47. The Bertz CT molecular complexity index is 1150. The molecule has 3 aromatic rings. The number of ether oxygens (including phenoxy) is 3. The second kappa shape index (κ2) is 7.26. The molecular weight excluding hydrogens is 386 g/mol. The summed E-state index contributed by atoms with van der Waals surface area (Å²) >= 11 is 0. The molecule has 2 heterocycles. The average molecular weight is 412 g/mol. The molecule has 3 aromatic carbocycles. The van der Waals surface area contributed by atoms with Gasteiger partial charge in [-0.15, -0.1) is 0 Å². The average Bonchev–Trinajstić information content (AvgIpc) is 3.40. The fourth-order valence-electron chi connectivity index (χ4n) is 5.34. The summed E-state index contributed by atoms with van der Waals surface area (Å²) in [5.74, 6) is 1.66. The van der Waals surface area contributed by atoms with Crippen LogP contribution in [0.2, 0.25) is 0 Å². The molecule has 0 radical (unpaired) electrons. The van der Waals surface area contributed by atoms with E-state index in [1.165, 1.54) is 33.4 Å². The first kappa shape index (κ1) is 18.7. The topological polar surface area (TPSA) is 30.9 Å². The van der Waals surface area contributed by atoms with Crippen molar-refractivity contribution in [2.24, 2.45) is 0 Å². The minimum atomic E-state index is -0.299. The van der Waals surface area contributed by atoms with Gasteiger partial charge >= 0.3 is 0 Å². The van der Waals surface area contributed by atoms with Crippen LogP contribution in [0.15, 0.2) is 72.8 Å². The molecule has 0 saturated carbocycles. The van der Waals surface area contributed by atoms with Gasteiger partial charge in [-0.25, -0.2) is 0 Å². The number of morpholine rings is 1. The lowest BCUT2D eigenvalue weighted by Crippen LogP contribution is -2.49. The SMILES string of the molecule is CC1(N2CCOCC2)C(c2ccccc2)=C(c2ccccc2)c2cc3c(cc21)OCO3. The van der Waals surface area contributed by atoms with Crippen LogP contribution in [0.4, 0.5) is 0 Å². The summed E-state index contributed by atoms with van der Waals surface area (Å²) in [5.41, 5.74) is 7.27. The van der Waals surface area contributed by atoms with E-state index >= 15 is 0 Å². The van der Waals surface area contributed by atoms with Gasteiger partial charge in [0.15, 0.2) is 11.5 Å². The minimum Gasteiger partial charge on any atom is -0.454 e. The van der Waals surface area contributed by atoms with Gasteiger partial charge in [0.1, 0.15) is 0 Å². The van der Waals surface area contributed by atoms with Crippen molar-refractivity contribution < 1.29 is 14.2 Å². The van der Waals surface area contributed by atoms with Gasteiger partial charge in [0.05, 0.1) is 18.8 Å². The van der Waals surface area contributed by atoms with Crippen molar-refractivity contribution in [3.8, 4) is 11.5 Å². The molecule has 156 valence electrons. The zero-order valence-electron chi connectivity index (χ0n) is 17.6. The normalized spacial score (nSPS) is 22.6. The van der Waals surface area contributed by atoms with Crippen LogP contribution in [0.5, 0.6) is 11.5 Å². The molecule has 0 amide bonds. The molecule has 1 saturated heterocycles. The van der Waals surface area contributed by atoms with Crippen molar-refractivity contribution in [2.75, 3.05) is 33.1 Å². The highest BCUT2D eigenvalue weighted by molar-refractivity contribution is 6.07. The first-order valence-corrected chi connectivity index (χ1v) is 10.9. The number of hydrogen-bond acceptors (Lipinski definition) is 4. The van der Waals surface area contributed by atoms with Crippen LogP contribution in [0.1, 0.15) is 29.2 Å². The molecule has 6 rings (SSSR count). The molecule has 1 unspecified atom stereocenters.